The molecule has 0 atom stereocenters. The normalized spacial score (nSPS) is 11.4. The van der Waals surface area contributed by atoms with Crippen LogP contribution in [0.5, 0.6) is 5.75 Å². The highest BCUT2D eigenvalue weighted by molar-refractivity contribution is 6.35. The van der Waals surface area contributed by atoms with E-state index in [9.17, 15) is 5.11 Å². The summed E-state index contributed by atoms with van der Waals surface area (Å²) in [7, 11) is 0. The van der Waals surface area contributed by atoms with Crippen LogP contribution in [0, 0.1) is 0 Å². The lowest BCUT2D eigenvalue weighted by atomic mass is 10.1. The first kappa shape index (κ1) is 14.7. The molecule has 104 valence electrons. The van der Waals surface area contributed by atoms with Gasteiger partial charge >= 0.3 is 0 Å². The highest BCUT2D eigenvalue weighted by Gasteiger charge is 2.04. The van der Waals surface area contributed by atoms with Crippen molar-refractivity contribution in [3.63, 3.8) is 0 Å². The minimum atomic E-state index is 0.234. The van der Waals surface area contributed by atoms with Crippen molar-refractivity contribution in [2.75, 3.05) is 0 Å². The van der Waals surface area contributed by atoms with E-state index in [2.05, 4.69) is 10.5 Å². The van der Waals surface area contributed by atoms with Crippen molar-refractivity contribution in [1.82, 2.24) is 5.43 Å². The Kier molecular flexibility index (Phi) is 4.88. The van der Waals surface area contributed by atoms with Crippen LogP contribution >= 0.6 is 23.2 Å². The number of nitrogens with one attached hydrogen (secondary N) is 1. The molecule has 5 heteroatoms. The van der Waals surface area contributed by atoms with Crippen LogP contribution in [0.15, 0.2) is 47.6 Å². The summed E-state index contributed by atoms with van der Waals surface area (Å²) in [4.78, 5) is 0. The molecule has 0 heterocycles. The van der Waals surface area contributed by atoms with E-state index in [0.717, 1.165) is 16.8 Å². The second-order valence-corrected chi connectivity index (χ2v) is 5.09. The van der Waals surface area contributed by atoms with E-state index in [0.29, 0.717) is 16.6 Å². The molecule has 0 amide bonds. The molecular weight excluding hydrogens is 295 g/mol. The van der Waals surface area contributed by atoms with Crippen LogP contribution in [0.1, 0.15) is 18.1 Å². The zero-order chi connectivity index (χ0) is 14.5. The molecule has 2 aromatic rings. The predicted octanol–water partition coefficient (Wildman–Crippen LogP) is 4.21. The molecule has 0 aromatic heterocycles. The van der Waals surface area contributed by atoms with Gasteiger partial charge in [0.15, 0.2) is 0 Å². The van der Waals surface area contributed by atoms with Gasteiger partial charge in [0, 0.05) is 15.6 Å². The molecule has 0 saturated heterocycles. The zero-order valence-corrected chi connectivity index (χ0v) is 12.4. The Morgan fingerprint density at radius 3 is 2.30 bits per heavy atom. The molecule has 3 nitrogen and oxygen atoms in total. The number of nitrogens with zero attached hydrogens (tertiary/aromatic N) is 1. The number of rotatable bonds is 4. The summed E-state index contributed by atoms with van der Waals surface area (Å²) in [5, 5.41) is 14.7. The summed E-state index contributed by atoms with van der Waals surface area (Å²) in [6, 6.07) is 12.2. The lowest BCUT2D eigenvalue weighted by molar-refractivity contribution is 0.475. The fourth-order valence-electron chi connectivity index (χ4n) is 1.71. The van der Waals surface area contributed by atoms with Crippen molar-refractivity contribution < 1.29 is 5.11 Å². The molecule has 0 bridgehead atoms. The molecule has 0 fully saturated rings. The number of hydrogen-bond donors (Lipinski definition) is 2. The summed E-state index contributed by atoms with van der Waals surface area (Å²) in [6.07, 6.45) is 0. The summed E-state index contributed by atoms with van der Waals surface area (Å²) in [5.41, 5.74) is 5.51. The van der Waals surface area contributed by atoms with Crippen LogP contribution in [0.25, 0.3) is 0 Å². The first-order valence-corrected chi connectivity index (χ1v) is 6.83. The maximum absolute atomic E-state index is 9.24. The van der Waals surface area contributed by atoms with Crippen molar-refractivity contribution in [3.8, 4) is 5.75 Å². The molecule has 0 aliphatic carbocycles. The van der Waals surface area contributed by atoms with Gasteiger partial charge < -0.3 is 10.5 Å². The number of hydrogen-bond acceptors (Lipinski definition) is 3. The summed E-state index contributed by atoms with van der Waals surface area (Å²) in [6.45, 7) is 2.33. The fraction of sp³-hybridized carbons (Fsp3) is 0.133. The van der Waals surface area contributed by atoms with E-state index in [4.69, 9.17) is 23.2 Å². The molecule has 0 spiro atoms. The molecule has 0 unspecified atom stereocenters. The van der Waals surface area contributed by atoms with Gasteiger partial charge in [0.2, 0.25) is 0 Å². The molecule has 2 aromatic carbocycles. The highest BCUT2D eigenvalue weighted by atomic mass is 35.5. The van der Waals surface area contributed by atoms with Crippen molar-refractivity contribution in [3.05, 3.63) is 63.6 Å². The van der Waals surface area contributed by atoms with Gasteiger partial charge in [0.25, 0.3) is 0 Å². The minimum Gasteiger partial charge on any atom is -0.508 e. The third-order valence-corrected chi connectivity index (χ3v) is 3.56. The number of halogens is 2. The van der Waals surface area contributed by atoms with E-state index in [-0.39, 0.29) is 5.75 Å². The molecule has 0 aliphatic heterocycles. The third-order valence-electron chi connectivity index (χ3n) is 2.85. The molecule has 0 aliphatic rings. The van der Waals surface area contributed by atoms with Gasteiger partial charge in [-0.25, -0.2) is 0 Å². The average Bonchev–Trinajstić information content (AvgIpc) is 2.42. The van der Waals surface area contributed by atoms with E-state index in [1.807, 2.05) is 6.92 Å². The fourth-order valence-corrected chi connectivity index (χ4v) is 2.24. The standard InChI is InChI=1S/C15H14Cl2N2O/c1-10(11-5-7-12(20)8-6-11)19-18-9-13-14(16)3-2-4-15(13)17/h2-8,18,20H,9H2,1H3/b19-10-. The minimum absolute atomic E-state index is 0.234. The third kappa shape index (κ3) is 3.65. The van der Waals surface area contributed by atoms with Gasteiger partial charge in [-0.1, -0.05) is 29.3 Å². The summed E-state index contributed by atoms with van der Waals surface area (Å²) in [5.74, 6) is 0.234. The second kappa shape index (κ2) is 6.64. The van der Waals surface area contributed by atoms with Crippen molar-refractivity contribution in [2.24, 2.45) is 5.10 Å². The Balaban J connectivity index is 2.04. The number of phenols is 1. The zero-order valence-electron chi connectivity index (χ0n) is 10.9. The number of aromatic hydroxyl groups is 1. The van der Waals surface area contributed by atoms with Crippen molar-refractivity contribution >= 4 is 28.9 Å². The van der Waals surface area contributed by atoms with Crippen LogP contribution in [-0.4, -0.2) is 10.8 Å². The lowest BCUT2D eigenvalue weighted by Gasteiger charge is -2.07. The van der Waals surface area contributed by atoms with Crippen molar-refractivity contribution in [2.45, 2.75) is 13.5 Å². The first-order chi connectivity index (χ1) is 9.58. The van der Waals surface area contributed by atoms with Crippen molar-refractivity contribution in [1.29, 1.82) is 0 Å². The Morgan fingerprint density at radius 2 is 1.70 bits per heavy atom. The molecule has 2 N–H and O–H groups in total. The second-order valence-electron chi connectivity index (χ2n) is 4.28. The summed E-state index contributed by atoms with van der Waals surface area (Å²) < 4.78 is 0. The Bertz CT molecular complexity index is 604. The van der Waals surface area contributed by atoms with Gasteiger partial charge in [0.05, 0.1) is 12.3 Å². The first-order valence-electron chi connectivity index (χ1n) is 6.07. The van der Waals surface area contributed by atoms with Gasteiger partial charge in [0.1, 0.15) is 5.75 Å². The Hall–Kier alpha value is -1.71. The molecule has 0 saturated carbocycles. The van der Waals surface area contributed by atoms with E-state index in [1.54, 1.807) is 42.5 Å². The predicted molar refractivity (Wildman–Crippen MR) is 83.6 cm³/mol. The average molecular weight is 309 g/mol. The highest BCUT2D eigenvalue weighted by Crippen LogP contribution is 2.23. The van der Waals surface area contributed by atoms with E-state index < -0.39 is 0 Å². The number of phenolic OH excluding ortho intramolecular Hbond substituents is 1. The smallest absolute Gasteiger partial charge is 0.115 e. The maximum Gasteiger partial charge on any atom is 0.115 e. The van der Waals surface area contributed by atoms with Gasteiger partial charge in [-0.2, -0.15) is 5.10 Å². The van der Waals surface area contributed by atoms with Gasteiger partial charge in [-0.05, 0) is 48.9 Å². The molecular formula is C15H14Cl2N2O. The SMILES string of the molecule is C/C(=N/NCc1c(Cl)cccc1Cl)c1ccc(O)cc1. The van der Waals surface area contributed by atoms with Crippen LogP contribution in [0.4, 0.5) is 0 Å². The number of benzene rings is 2. The van der Waals surface area contributed by atoms with E-state index in [1.165, 1.54) is 0 Å². The van der Waals surface area contributed by atoms with E-state index >= 15 is 0 Å². The van der Waals surface area contributed by atoms with Crippen LogP contribution in [-0.2, 0) is 6.54 Å². The quantitative estimate of drug-likeness (QED) is 0.656. The van der Waals surface area contributed by atoms with Crippen LogP contribution in [0.2, 0.25) is 10.0 Å². The maximum atomic E-state index is 9.24. The van der Waals surface area contributed by atoms with Crippen LogP contribution < -0.4 is 5.43 Å². The largest absolute Gasteiger partial charge is 0.508 e. The Morgan fingerprint density at radius 1 is 1.10 bits per heavy atom. The summed E-state index contributed by atoms with van der Waals surface area (Å²) >= 11 is 12.2. The topological polar surface area (TPSA) is 44.6 Å². The van der Waals surface area contributed by atoms with Gasteiger partial charge in [-0.3, -0.25) is 0 Å². The molecule has 0 radical (unpaired) electrons. The monoisotopic (exact) mass is 308 g/mol. The molecule has 2 rings (SSSR count). The van der Waals surface area contributed by atoms with Crippen LogP contribution in [0.3, 0.4) is 0 Å². The van der Waals surface area contributed by atoms with Gasteiger partial charge in [-0.15, -0.1) is 0 Å². The molecule has 20 heavy (non-hydrogen) atoms. The Labute approximate surface area is 127 Å². The lowest BCUT2D eigenvalue weighted by Crippen LogP contribution is -2.10. The number of hydrazone groups is 1.